The van der Waals surface area contributed by atoms with Gasteiger partial charge in [-0.05, 0) is 30.5 Å². The molecule has 132 valence electrons. The molecular formula is C17H22ClFN2O3. The van der Waals surface area contributed by atoms with Gasteiger partial charge in [0.05, 0.1) is 5.92 Å². The SMILES string of the molecule is CC(C)(CNC(=O)N1CCC(C(=O)O)CC1)c1ccc(F)cc1Cl. The lowest BCUT2D eigenvalue weighted by molar-refractivity contribution is -0.143. The van der Waals surface area contributed by atoms with Gasteiger partial charge in [-0.25, -0.2) is 9.18 Å². The Morgan fingerprint density at radius 2 is 2.00 bits per heavy atom. The maximum atomic E-state index is 13.2. The number of piperidine rings is 1. The van der Waals surface area contributed by atoms with Gasteiger partial charge >= 0.3 is 12.0 Å². The monoisotopic (exact) mass is 356 g/mol. The lowest BCUT2D eigenvalue weighted by Gasteiger charge is -2.32. The van der Waals surface area contributed by atoms with Crippen LogP contribution >= 0.6 is 11.6 Å². The largest absolute Gasteiger partial charge is 0.481 e. The van der Waals surface area contributed by atoms with Gasteiger partial charge in [-0.15, -0.1) is 0 Å². The average molecular weight is 357 g/mol. The zero-order valence-corrected chi connectivity index (χ0v) is 14.6. The Hall–Kier alpha value is -1.82. The molecule has 0 atom stereocenters. The van der Waals surface area contributed by atoms with E-state index in [-0.39, 0.29) is 11.9 Å². The van der Waals surface area contributed by atoms with Gasteiger partial charge in [-0.2, -0.15) is 0 Å². The third-order valence-electron chi connectivity index (χ3n) is 4.47. The summed E-state index contributed by atoms with van der Waals surface area (Å²) in [5.74, 6) is -1.57. The van der Waals surface area contributed by atoms with Gasteiger partial charge in [-0.1, -0.05) is 31.5 Å². The molecule has 1 saturated heterocycles. The molecule has 0 spiro atoms. The van der Waals surface area contributed by atoms with Crippen LogP contribution in [0.5, 0.6) is 0 Å². The fraction of sp³-hybridized carbons (Fsp3) is 0.529. The molecule has 1 aromatic rings. The molecule has 1 heterocycles. The summed E-state index contributed by atoms with van der Waals surface area (Å²) in [6.45, 7) is 5.04. The number of amides is 2. The number of carbonyl (C=O) groups excluding carboxylic acids is 1. The van der Waals surface area contributed by atoms with Crippen LogP contribution < -0.4 is 5.32 Å². The Kier molecular flexibility index (Phi) is 5.70. The molecule has 2 N–H and O–H groups in total. The first-order valence-corrected chi connectivity index (χ1v) is 8.29. The van der Waals surface area contributed by atoms with Gasteiger partial charge in [0.15, 0.2) is 0 Å². The summed E-state index contributed by atoms with van der Waals surface area (Å²) >= 11 is 6.11. The van der Waals surface area contributed by atoms with Crippen LogP contribution in [-0.2, 0) is 10.2 Å². The summed E-state index contributed by atoms with van der Waals surface area (Å²) in [6.07, 6.45) is 0.936. The highest BCUT2D eigenvalue weighted by Gasteiger charge is 2.29. The number of halogens is 2. The normalized spacial score (nSPS) is 16.1. The molecule has 0 unspecified atom stereocenters. The topological polar surface area (TPSA) is 69.6 Å². The second-order valence-electron chi connectivity index (χ2n) is 6.77. The van der Waals surface area contributed by atoms with Crippen molar-refractivity contribution in [2.75, 3.05) is 19.6 Å². The molecule has 2 amide bonds. The van der Waals surface area contributed by atoms with Gasteiger partial charge < -0.3 is 15.3 Å². The first kappa shape index (κ1) is 18.5. The molecule has 0 bridgehead atoms. The number of carboxylic acid groups (broad SMARTS) is 1. The van der Waals surface area contributed by atoms with Gasteiger partial charge in [-0.3, -0.25) is 4.79 Å². The first-order chi connectivity index (χ1) is 11.2. The maximum Gasteiger partial charge on any atom is 0.317 e. The Morgan fingerprint density at radius 3 is 2.54 bits per heavy atom. The van der Waals surface area contributed by atoms with Crippen molar-refractivity contribution in [1.29, 1.82) is 0 Å². The molecule has 7 heteroatoms. The van der Waals surface area contributed by atoms with Crippen molar-refractivity contribution in [3.8, 4) is 0 Å². The van der Waals surface area contributed by atoms with E-state index in [1.54, 1.807) is 11.0 Å². The van der Waals surface area contributed by atoms with E-state index in [0.717, 1.165) is 5.56 Å². The lowest BCUT2D eigenvalue weighted by atomic mass is 9.84. The highest BCUT2D eigenvalue weighted by Crippen LogP contribution is 2.30. The number of nitrogens with zero attached hydrogens (tertiary/aromatic N) is 1. The van der Waals surface area contributed by atoms with Gasteiger partial charge in [0.2, 0.25) is 0 Å². The Balaban J connectivity index is 1.92. The van der Waals surface area contributed by atoms with E-state index < -0.39 is 17.2 Å². The van der Waals surface area contributed by atoms with Gasteiger partial charge in [0.1, 0.15) is 5.82 Å². The van der Waals surface area contributed by atoms with Crippen LogP contribution in [0.2, 0.25) is 5.02 Å². The number of urea groups is 1. The molecule has 1 aliphatic rings. The third-order valence-corrected chi connectivity index (χ3v) is 4.79. The summed E-state index contributed by atoms with van der Waals surface area (Å²) in [5, 5.41) is 12.2. The van der Waals surface area contributed by atoms with E-state index >= 15 is 0 Å². The van der Waals surface area contributed by atoms with E-state index in [0.29, 0.717) is 37.5 Å². The summed E-state index contributed by atoms with van der Waals surface area (Å²) < 4.78 is 13.2. The van der Waals surface area contributed by atoms with Crippen LogP contribution in [0.3, 0.4) is 0 Å². The average Bonchev–Trinajstić information content (AvgIpc) is 2.52. The number of likely N-dealkylation sites (tertiary alicyclic amines) is 1. The van der Waals surface area contributed by atoms with Crippen molar-refractivity contribution in [2.45, 2.75) is 32.1 Å². The molecular weight excluding hydrogens is 335 g/mol. The number of hydrogen-bond acceptors (Lipinski definition) is 2. The van der Waals surface area contributed by atoms with Gasteiger partial charge in [0, 0.05) is 30.1 Å². The Labute approximate surface area is 145 Å². The number of rotatable bonds is 4. The molecule has 0 radical (unpaired) electrons. The summed E-state index contributed by atoms with van der Waals surface area (Å²) in [7, 11) is 0. The van der Waals surface area contributed by atoms with Crippen LogP contribution in [0.15, 0.2) is 18.2 Å². The minimum absolute atomic E-state index is 0.217. The fourth-order valence-electron chi connectivity index (χ4n) is 2.87. The molecule has 1 aromatic carbocycles. The zero-order valence-electron chi connectivity index (χ0n) is 13.8. The zero-order chi connectivity index (χ0) is 17.9. The lowest BCUT2D eigenvalue weighted by Crippen LogP contribution is -2.48. The number of nitrogens with one attached hydrogen (secondary N) is 1. The van der Waals surface area contributed by atoms with E-state index in [9.17, 15) is 14.0 Å². The Morgan fingerprint density at radius 1 is 1.38 bits per heavy atom. The second kappa shape index (κ2) is 7.38. The number of carboxylic acids is 1. The van der Waals surface area contributed by atoms with Crippen LogP contribution in [0.4, 0.5) is 9.18 Å². The second-order valence-corrected chi connectivity index (χ2v) is 7.17. The molecule has 24 heavy (non-hydrogen) atoms. The van der Waals surface area contributed by atoms with E-state index in [4.69, 9.17) is 16.7 Å². The summed E-state index contributed by atoms with van der Waals surface area (Å²) in [4.78, 5) is 24.8. The molecule has 0 aliphatic carbocycles. The summed E-state index contributed by atoms with van der Waals surface area (Å²) in [6, 6.07) is 4.02. The van der Waals surface area contributed by atoms with Crippen molar-refractivity contribution < 1.29 is 19.1 Å². The van der Waals surface area contributed by atoms with Crippen molar-refractivity contribution in [1.82, 2.24) is 10.2 Å². The predicted octanol–water partition coefficient (Wildman–Crippen LogP) is 3.26. The summed E-state index contributed by atoms with van der Waals surface area (Å²) in [5.41, 5.74) is 0.301. The van der Waals surface area contributed by atoms with Crippen molar-refractivity contribution in [3.05, 3.63) is 34.6 Å². The highest BCUT2D eigenvalue weighted by molar-refractivity contribution is 6.31. The van der Waals surface area contributed by atoms with Crippen LogP contribution in [0.1, 0.15) is 32.3 Å². The predicted molar refractivity (Wildman–Crippen MR) is 89.8 cm³/mol. The highest BCUT2D eigenvalue weighted by atomic mass is 35.5. The molecule has 2 rings (SSSR count). The maximum absolute atomic E-state index is 13.2. The number of aliphatic carboxylic acids is 1. The molecule has 1 fully saturated rings. The number of hydrogen-bond donors (Lipinski definition) is 2. The van der Waals surface area contributed by atoms with Crippen LogP contribution in [-0.4, -0.2) is 41.6 Å². The minimum Gasteiger partial charge on any atom is -0.481 e. The quantitative estimate of drug-likeness (QED) is 0.870. The van der Waals surface area contributed by atoms with E-state index in [2.05, 4.69) is 5.32 Å². The minimum atomic E-state index is -0.804. The first-order valence-electron chi connectivity index (χ1n) is 7.92. The molecule has 0 saturated carbocycles. The van der Waals surface area contributed by atoms with Crippen molar-refractivity contribution >= 4 is 23.6 Å². The van der Waals surface area contributed by atoms with Crippen molar-refractivity contribution in [3.63, 3.8) is 0 Å². The number of benzene rings is 1. The van der Waals surface area contributed by atoms with Gasteiger partial charge in [0.25, 0.3) is 0 Å². The fourth-order valence-corrected chi connectivity index (χ4v) is 3.29. The van der Waals surface area contributed by atoms with Crippen molar-refractivity contribution in [2.24, 2.45) is 5.92 Å². The van der Waals surface area contributed by atoms with Crippen LogP contribution in [0, 0.1) is 11.7 Å². The van der Waals surface area contributed by atoms with E-state index in [1.165, 1.54) is 12.1 Å². The third kappa shape index (κ3) is 4.38. The van der Waals surface area contributed by atoms with E-state index in [1.807, 2.05) is 13.8 Å². The standard InChI is InChI=1S/C17H22ClFN2O3/c1-17(2,13-4-3-12(19)9-14(13)18)10-20-16(24)21-7-5-11(6-8-21)15(22)23/h3-4,9,11H,5-8,10H2,1-2H3,(H,20,24)(H,22,23). The Bertz CT molecular complexity index is 628. The number of carbonyl (C=O) groups is 2. The smallest absolute Gasteiger partial charge is 0.317 e. The van der Waals surface area contributed by atoms with Crippen LogP contribution in [0.25, 0.3) is 0 Å². The molecule has 1 aliphatic heterocycles. The molecule has 5 nitrogen and oxygen atoms in total. The molecule has 0 aromatic heterocycles.